The van der Waals surface area contributed by atoms with Crippen LogP contribution in [-0.4, -0.2) is 49.6 Å². The first kappa shape index (κ1) is 28.8. The highest BCUT2D eigenvalue weighted by atomic mass is 19.1. The van der Waals surface area contributed by atoms with Gasteiger partial charge >= 0.3 is 5.69 Å². The normalized spacial score (nSPS) is 17.7. The molecule has 1 saturated heterocycles. The molecule has 2 aromatic heterocycles. The number of halogens is 2. The Hall–Kier alpha value is -4.15. The lowest BCUT2D eigenvalue weighted by Gasteiger charge is -2.27. The molecule has 0 bridgehead atoms. The largest absolute Gasteiger partial charge is 0.342 e. The van der Waals surface area contributed by atoms with Crippen molar-refractivity contribution in [2.75, 3.05) is 6.54 Å². The van der Waals surface area contributed by atoms with Gasteiger partial charge in [-0.3, -0.25) is 23.5 Å². The number of carbonyl (C=O) groups excluding carboxylic acids is 2. The van der Waals surface area contributed by atoms with Gasteiger partial charge in [-0.1, -0.05) is 50.2 Å². The second kappa shape index (κ2) is 11.9. The average Bonchev–Trinajstić information content (AvgIpc) is 3.32. The number of amides is 2. The summed E-state index contributed by atoms with van der Waals surface area (Å²) in [5.41, 5.74) is 0.508. The number of aromatic nitrogens is 3. The molecular formula is C29H33F2N5O4. The summed E-state index contributed by atoms with van der Waals surface area (Å²) in [6.45, 7) is 6.23. The van der Waals surface area contributed by atoms with Crippen molar-refractivity contribution in [1.29, 1.82) is 0 Å². The van der Waals surface area contributed by atoms with E-state index in [1.54, 1.807) is 49.4 Å². The van der Waals surface area contributed by atoms with Crippen molar-refractivity contribution in [2.45, 2.75) is 71.4 Å². The number of rotatable bonds is 8. The monoisotopic (exact) mass is 553 g/mol. The minimum absolute atomic E-state index is 0.0844. The van der Waals surface area contributed by atoms with Crippen LogP contribution in [0.3, 0.4) is 0 Å². The Morgan fingerprint density at radius 1 is 1.12 bits per heavy atom. The number of benzene rings is 1. The van der Waals surface area contributed by atoms with E-state index in [9.17, 15) is 28.0 Å². The number of hydrogen-bond acceptors (Lipinski definition) is 5. The van der Waals surface area contributed by atoms with Crippen molar-refractivity contribution >= 4 is 11.8 Å². The van der Waals surface area contributed by atoms with Crippen LogP contribution in [0.1, 0.15) is 61.5 Å². The second-order valence-electron chi connectivity index (χ2n) is 10.3. The van der Waals surface area contributed by atoms with E-state index in [2.05, 4.69) is 10.3 Å². The number of likely N-dealkylation sites (tertiary alicyclic amines) is 1. The van der Waals surface area contributed by atoms with Gasteiger partial charge in [-0.2, -0.15) is 4.39 Å². The Kier molecular flexibility index (Phi) is 8.61. The van der Waals surface area contributed by atoms with Crippen LogP contribution in [-0.2, 0) is 22.7 Å². The number of nitrogens with one attached hydrogen (secondary N) is 1. The highest BCUT2D eigenvalue weighted by Crippen LogP contribution is 2.27. The summed E-state index contributed by atoms with van der Waals surface area (Å²) in [5, 5.41) is 2.84. The van der Waals surface area contributed by atoms with Crippen molar-refractivity contribution < 1.29 is 18.4 Å². The zero-order valence-corrected chi connectivity index (χ0v) is 22.9. The summed E-state index contributed by atoms with van der Waals surface area (Å²) in [6, 6.07) is 10.1. The van der Waals surface area contributed by atoms with Gasteiger partial charge in [0.05, 0.1) is 18.3 Å². The van der Waals surface area contributed by atoms with Crippen molar-refractivity contribution in [3.05, 3.63) is 97.8 Å². The van der Waals surface area contributed by atoms with Crippen LogP contribution in [0, 0.1) is 12.9 Å². The molecule has 3 heterocycles. The van der Waals surface area contributed by atoms with Gasteiger partial charge in [-0.15, -0.1) is 0 Å². The maximum Gasteiger partial charge on any atom is 0.331 e. The maximum atomic E-state index is 14.8. The minimum atomic E-state index is -1.45. The molecule has 0 aliphatic carbocycles. The van der Waals surface area contributed by atoms with E-state index in [-0.39, 0.29) is 36.7 Å². The Morgan fingerprint density at radius 3 is 2.45 bits per heavy atom. The van der Waals surface area contributed by atoms with Crippen LogP contribution in [0.25, 0.3) is 0 Å². The molecule has 1 fully saturated rings. The SMILES string of the molecule is CCn1c(=O)c(C)cn(CC(=O)N2CC(F)CC2C(=O)NC(c2ccccc2)c2ccc(C(C)C)c(F)n2)c1=O. The number of carbonyl (C=O) groups is 2. The topological polar surface area (TPSA) is 106 Å². The highest BCUT2D eigenvalue weighted by molar-refractivity contribution is 5.88. The van der Waals surface area contributed by atoms with Gasteiger partial charge in [0.1, 0.15) is 18.8 Å². The van der Waals surface area contributed by atoms with E-state index in [4.69, 9.17) is 0 Å². The van der Waals surface area contributed by atoms with Crippen LogP contribution < -0.4 is 16.6 Å². The molecule has 3 aromatic rings. The summed E-state index contributed by atoms with van der Waals surface area (Å²) in [7, 11) is 0. The first-order valence-electron chi connectivity index (χ1n) is 13.3. The van der Waals surface area contributed by atoms with Crippen molar-refractivity contribution in [3.8, 4) is 0 Å². The van der Waals surface area contributed by atoms with Gasteiger partial charge in [-0.25, -0.2) is 14.2 Å². The van der Waals surface area contributed by atoms with E-state index < -0.39 is 53.8 Å². The molecule has 1 N–H and O–H groups in total. The average molecular weight is 554 g/mol. The van der Waals surface area contributed by atoms with Crippen molar-refractivity contribution in [2.24, 2.45) is 0 Å². The first-order chi connectivity index (χ1) is 19.0. The first-order valence-corrected chi connectivity index (χ1v) is 13.3. The maximum absolute atomic E-state index is 14.8. The molecule has 11 heteroatoms. The Morgan fingerprint density at radius 2 is 1.82 bits per heavy atom. The zero-order chi connectivity index (χ0) is 29.1. The fourth-order valence-corrected chi connectivity index (χ4v) is 5.00. The van der Waals surface area contributed by atoms with Gasteiger partial charge in [0.25, 0.3) is 5.56 Å². The molecule has 0 saturated carbocycles. The highest BCUT2D eigenvalue weighted by Gasteiger charge is 2.40. The summed E-state index contributed by atoms with van der Waals surface area (Å²) >= 11 is 0. The number of alkyl halides is 1. The standard InChI is InChI=1S/C29H33F2N5O4/c1-5-35-28(39)18(4)14-34(29(35)40)16-24(37)36-15-20(30)13-23(36)27(38)33-25(19-9-7-6-8-10-19)22-12-11-21(17(2)3)26(31)32-22/h6-12,14,17,20,23,25H,5,13,15-16H2,1-4H3,(H,33,38). The third kappa shape index (κ3) is 5.88. The Labute approximate surface area is 230 Å². The van der Waals surface area contributed by atoms with E-state index in [0.717, 1.165) is 14.0 Å². The molecule has 1 aromatic carbocycles. The molecule has 2 amide bonds. The van der Waals surface area contributed by atoms with E-state index in [0.29, 0.717) is 11.1 Å². The number of aryl methyl sites for hydroxylation is 1. The fourth-order valence-electron chi connectivity index (χ4n) is 5.00. The molecular weight excluding hydrogens is 520 g/mol. The molecule has 1 aliphatic heterocycles. The number of nitrogens with zero attached hydrogens (tertiary/aromatic N) is 4. The molecule has 4 rings (SSSR count). The van der Waals surface area contributed by atoms with Gasteiger partial charge in [0.15, 0.2) is 0 Å². The van der Waals surface area contributed by atoms with E-state index in [1.165, 1.54) is 13.1 Å². The Bertz CT molecular complexity index is 1520. The van der Waals surface area contributed by atoms with Crippen LogP contribution in [0.2, 0.25) is 0 Å². The summed E-state index contributed by atoms with van der Waals surface area (Å²) in [6.07, 6.45) is -0.381. The summed E-state index contributed by atoms with van der Waals surface area (Å²) in [5.74, 6) is -1.98. The predicted octanol–water partition coefficient (Wildman–Crippen LogP) is 2.84. The minimum Gasteiger partial charge on any atom is -0.342 e. The molecule has 3 atom stereocenters. The van der Waals surface area contributed by atoms with Crippen LogP contribution in [0.5, 0.6) is 0 Å². The lowest BCUT2D eigenvalue weighted by molar-refractivity contribution is -0.139. The van der Waals surface area contributed by atoms with E-state index in [1.807, 2.05) is 13.8 Å². The molecule has 9 nitrogen and oxygen atoms in total. The Balaban J connectivity index is 1.61. The second-order valence-corrected chi connectivity index (χ2v) is 10.3. The molecule has 0 spiro atoms. The molecule has 40 heavy (non-hydrogen) atoms. The zero-order valence-electron chi connectivity index (χ0n) is 22.9. The summed E-state index contributed by atoms with van der Waals surface area (Å²) < 4.78 is 31.5. The fraction of sp³-hybridized carbons (Fsp3) is 0.414. The molecule has 1 aliphatic rings. The number of hydrogen-bond donors (Lipinski definition) is 1. The molecule has 0 radical (unpaired) electrons. The van der Waals surface area contributed by atoms with Gasteiger partial charge in [-0.05, 0) is 31.4 Å². The molecule has 3 unspecified atom stereocenters. The van der Waals surface area contributed by atoms with Gasteiger partial charge in [0.2, 0.25) is 17.8 Å². The lowest BCUT2D eigenvalue weighted by Crippen LogP contribution is -2.49. The van der Waals surface area contributed by atoms with Gasteiger partial charge in [0, 0.05) is 30.3 Å². The smallest absolute Gasteiger partial charge is 0.331 e. The van der Waals surface area contributed by atoms with Crippen molar-refractivity contribution in [3.63, 3.8) is 0 Å². The summed E-state index contributed by atoms with van der Waals surface area (Å²) in [4.78, 5) is 57.0. The predicted molar refractivity (Wildman–Crippen MR) is 145 cm³/mol. The van der Waals surface area contributed by atoms with Crippen LogP contribution >= 0.6 is 0 Å². The molecule has 212 valence electrons. The third-order valence-electron chi connectivity index (χ3n) is 7.14. The third-order valence-corrected chi connectivity index (χ3v) is 7.14. The lowest BCUT2D eigenvalue weighted by atomic mass is 9.99. The number of pyridine rings is 1. The van der Waals surface area contributed by atoms with Crippen molar-refractivity contribution in [1.82, 2.24) is 24.3 Å². The van der Waals surface area contributed by atoms with Crippen LogP contribution in [0.15, 0.2) is 58.3 Å². The van der Waals surface area contributed by atoms with Crippen LogP contribution in [0.4, 0.5) is 8.78 Å². The quantitative estimate of drug-likeness (QED) is 0.432. The van der Waals surface area contributed by atoms with E-state index >= 15 is 0 Å². The van der Waals surface area contributed by atoms with Gasteiger partial charge < -0.3 is 10.2 Å².